The molecule has 1 aromatic rings. The predicted molar refractivity (Wildman–Crippen MR) is 87.4 cm³/mol. The highest BCUT2D eigenvalue weighted by atomic mass is 32.2. The maximum Gasteiger partial charge on any atom is 0.220 e. The number of hydrogen-bond donors (Lipinski definition) is 2. The zero-order valence-electron chi connectivity index (χ0n) is 12.6. The van der Waals surface area contributed by atoms with Crippen LogP contribution >= 0.6 is 11.8 Å². The van der Waals surface area contributed by atoms with Crippen LogP contribution in [0.2, 0.25) is 0 Å². The second-order valence-corrected chi connectivity index (χ2v) is 7.18. The number of fused-ring (bicyclic) bond motifs is 2. The standard InChI is InChI=1S/C17H24N2OS/c1-21-16-6-2-12(3-7-16)11-18-17(20)10-13-8-14-4-5-15(9-13)19-14/h2-3,6-7,13-15,19H,4-5,8-11H2,1H3,(H,18,20). The first-order chi connectivity index (χ1) is 10.2. The van der Waals surface area contributed by atoms with Gasteiger partial charge < -0.3 is 10.6 Å². The fraction of sp³-hybridized carbons (Fsp3) is 0.588. The van der Waals surface area contributed by atoms with Gasteiger partial charge in [0.15, 0.2) is 0 Å². The summed E-state index contributed by atoms with van der Waals surface area (Å²) < 4.78 is 0. The summed E-state index contributed by atoms with van der Waals surface area (Å²) >= 11 is 1.74. The van der Waals surface area contributed by atoms with Crippen LogP contribution in [0.4, 0.5) is 0 Å². The van der Waals surface area contributed by atoms with E-state index in [9.17, 15) is 4.79 Å². The molecule has 1 amide bonds. The molecule has 2 unspecified atom stereocenters. The Hall–Kier alpha value is -1.00. The van der Waals surface area contributed by atoms with Crippen molar-refractivity contribution in [1.82, 2.24) is 10.6 Å². The summed E-state index contributed by atoms with van der Waals surface area (Å²) in [4.78, 5) is 13.4. The average Bonchev–Trinajstić information content (AvgIpc) is 2.84. The van der Waals surface area contributed by atoms with Crippen molar-refractivity contribution in [2.24, 2.45) is 5.92 Å². The number of carbonyl (C=O) groups is 1. The zero-order valence-corrected chi connectivity index (χ0v) is 13.4. The normalized spacial score (nSPS) is 27.6. The quantitative estimate of drug-likeness (QED) is 0.822. The third-order valence-electron chi connectivity index (χ3n) is 4.69. The molecule has 2 saturated heterocycles. The molecule has 0 aliphatic carbocycles. The SMILES string of the molecule is CSc1ccc(CNC(=O)CC2CC3CCC(C2)N3)cc1. The van der Waals surface area contributed by atoms with Gasteiger partial charge in [0.25, 0.3) is 0 Å². The number of piperidine rings is 1. The van der Waals surface area contributed by atoms with Crippen molar-refractivity contribution in [2.45, 2.75) is 55.6 Å². The molecule has 21 heavy (non-hydrogen) atoms. The molecule has 2 aliphatic rings. The number of hydrogen-bond acceptors (Lipinski definition) is 3. The van der Waals surface area contributed by atoms with Gasteiger partial charge in [-0.15, -0.1) is 11.8 Å². The van der Waals surface area contributed by atoms with E-state index < -0.39 is 0 Å². The first-order valence-corrected chi connectivity index (χ1v) is 9.11. The lowest BCUT2D eigenvalue weighted by Gasteiger charge is -2.28. The van der Waals surface area contributed by atoms with Gasteiger partial charge in [-0.1, -0.05) is 12.1 Å². The third kappa shape index (κ3) is 4.01. The number of nitrogens with one attached hydrogen (secondary N) is 2. The van der Waals surface area contributed by atoms with Crippen LogP contribution in [0.25, 0.3) is 0 Å². The third-order valence-corrected chi connectivity index (χ3v) is 5.44. The van der Waals surface area contributed by atoms with Crippen molar-refractivity contribution in [1.29, 1.82) is 0 Å². The molecule has 114 valence electrons. The summed E-state index contributed by atoms with van der Waals surface area (Å²) in [6.45, 7) is 0.644. The first-order valence-electron chi connectivity index (χ1n) is 7.88. The van der Waals surface area contributed by atoms with E-state index in [1.54, 1.807) is 11.8 Å². The molecule has 0 radical (unpaired) electrons. The molecule has 2 aliphatic heterocycles. The summed E-state index contributed by atoms with van der Waals surface area (Å²) in [5.74, 6) is 0.776. The monoisotopic (exact) mass is 304 g/mol. The fourth-order valence-corrected chi connectivity index (χ4v) is 4.03. The highest BCUT2D eigenvalue weighted by Crippen LogP contribution is 2.32. The summed E-state index contributed by atoms with van der Waals surface area (Å²) in [6, 6.07) is 9.74. The average molecular weight is 304 g/mol. The number of rotatable bonds is 5. The molecule has 2 N–H and O–H groups in total. The van der Waals surface area contributed by atoms with E-state index in [0.29, 0.717) is 31.0 Å². The number of carbonyl (C=O) groups excluding carboxylic acids is 1. The maximum absolute atomic E-state index is 12.1. The van der Waals surface area contributed by atoms with Gasteiger partial charge in [-0.25, -0.2) is 0 Å². The Balaban J connectivity index is 1.43. The molecule has 3 nitrogen and oxygen atoms in total. The van der Waals surface area contributed by atoms with Gasteiger partial charge in [-0.3, -0.25) is 4.79 Å². The molecule has 2 heterocycles. The lowest BCUT2D eigenvalue weighted by Crippen LogP contribution is -2.39. The van der Waals surface area contributed by atoms with Gasteiger partial charge >= 0.3 is 0 Å². The summed E-state index contributed by atoms with van der Waals surface area (Å²) in [5, 5.41) is 6.70. The first kappa shape index (κ1) is 14.9. The van der Waals surface area contributed by atoms with Gasteiger partial charge in [0.1, 0.15) is 0 Å². The van der Waals surface area contributed by atoms with Crippen LogP contribution in [-0.2, 0) is 11.3 Å². The van der Waals surface area contributed by atoms with E-state index in [-0.39, 0.29) is 5.91 Å². The van der Waals surface area contributed by atoms with Crippen molar-refractivity contribution < 1.29 is 4.79 Å². The highest BCUT2D eigenvalue weighted by Gasteiger charge is 2.34. The zero-order chi connectivity index (χ0) is 14.7. The van der Waals surface area contributed by atoms with Gasteiger partial charge in [0.05, 0.1) is 0 Å². The summed E-state index contributed by atoms with van der Waals surface area (Å²) in [7, 11) is 0. The van der Waals surface area contributed by atoms with Crippen molar-refractivity contribution >= 4 is 17.7 Å². The molecular formula is C17H24N2OS. The van der Waals surface area contributed by atoms with Crippen molar-refractivity contribution in [3.63, 3.8) is 0 Å². The van der Waals surface area contributed by atoms with Gasteiger partial charge in [0.2, 0.25) is 5.91 Å². The minimum atomic E-state index is 0.204. The van der Waals surface area contributed by atoms with E-state index in [1.165, 1.54) is 36.1 Å². The molecule has 2 bridgehead atoms. The second kappa shape index (κ2) is 6.84. The fourth-order valence-electron chi connectivity index (χ4n) is 3.62. The minimum Gasteiger partial charge on any atom is -0.352 e. The smallest absolute Gasteiger partial charge is 0.220 e. The second-order valence-electron chi connectivity index (χ2n) is 6.30. The van der Waals surface area contributed by atoms with Gasteiger partial charge in [-0.05, 0) is 55.6 Å². The van der Waals surface area contributed by atoms with Gasteiger partial charge in [-0.2, -0.15) is 0 Å². The maximum atomic E-state index is 12.1. The van der Waals surface area contributed by atoms with Crippen LogP contribution in [-0.4, -0.2) is 24.2 Å². The molecule has 0 spiro atoms. The van der Waals surface area contributed by atoms with Crippen LogP contribution in [0, 0.1) is 5.92 Å². The Morgan fingerprint density at radius 1 is 1.24 bits per heavy atom. The van der Waals surface area contributed by atoms with E-state index >= 15 is 0 Å². The molecule has 0 saturated carbocycles. The van der Waals surface area contributed by atoms with E-state index in [1.807, 2.05) is 0 Å². The van der Waals surface area contributed by atoms with Crippen LogP contribution in [0.5, 0.6) is 0 Å². The van der Waals surface area contributed by atoms with E-state index in [2.05, 4.69) is 41.2 Å². The van der Waals surface area contributed by atoms with E-state index in [4.69, 9.17) is 0 Å². The van der Waals surface area contributed by atoms with Crippen LogP contribution < -0.4 is 10.6 Å². The van der Waals surface area contributed by atoms with Gasteiger partial charge in [0, 0.05) is 29.9 Å². The highest BCUT2D eigenvalue weighted by molar-refractivity contribution is 7.98. The Bertz CT molecular complexity index is 476. The largest absolute Gasteiger partial charge is 0.352 e. The molecule has 0 aromatic heterocycles. The summed E-state index contributed by atoms with van der Waals surface area (Å²) in [5.41, 5.74) is 1.17. The lowest BCUT2D eigenvalue weighted by molar-refractivity contribution is -0.122. The molecule has 2 atom stereocenters. The van der Waals surface area contributed by atoms with Crippen molar-refractivity contribution in [2.75, 3.05) is 6.26 Å². The Kier molecular flexibility index (Phi) is 4.86. The summed E-state index contributed by atoms with van der Waals surface area (Å²) in [6.07, 6.45) is 7.70. The number of benzene rings is 1. The molecule has 3 rings (SSSR count). The van der Waals surface area contributed by atoms with Crippen LogP contribution in [0.3, 0.4) is 0 Å². The van der Waals surface area contributed by atoms with Crippen molar-refractivity contribution in [3.05, 3.63) is 29.8 Å². The Labute approximate surface area is 131 Å². The predicted octanol–water partition coefficient (Wildman–Crippen LogP) is 2.95. The molecule has 1 aromatic carbocycles. The Morgan fingerprint density at radius 3 is 2.52 bits per heavy atom. The molecule has 2 fully saturated rings. The van der Waals surface area contributed by atoms with Crippen LogP contribution in [0.15, 0.2) is 29.2 Å². The minimum absolute atomic E-state index is 0.204. The number of amides is 1. The molecular weight excluding hydrogens is 280 g/mol. The van der Waals surface area contributed by atoms with Crippen molar-refractivity contribution in [3.8, 4) is 0 Å². The molecule has 4 heteroatoms. The lowest BCUT2D eigenvalue weighted by atomic mass is 9.89. The number of thioether (sulfide) groups is 1. The van der Waals surface area contributed by atoms with E-state index in [0.717, 1.165) is 0 Å². The topological polar surface area (TPSA) is 41.1 Å². The Morgan fingerprint density at radius 2 is 1.90 bits per heavy atom. The van der Waals surface area contributed by atoms with Crippen LogP contribution in [0.1, 0.15) is 37.7 Å².